The first kappa shape index (κ1) is 22.7. The van der Waals surface area contributed by atoms with Crippen LogP contribution >= 0.6 is 0 Å². The van der Waals surface area contributed by atoms with Gasteiger partial charge < -0.3 is 10.5 Å². The van der Waals surface area contributed by atoms with Crippen LogP contribution in [0.1, 0.15) is 51.9 Å². The number of carbonyl (C=O) groups is 3. The number of carbonyl (C=O) groups excluding carboxylic acids is 3. The Morgan fingerprint density at radius 2 is 1.72 bits per heavy atom. The topological polar surface area (TPSA) is 96.2 Å². The lowest BCUT2D eigenvalue weighted by molar-refractivity contribution is -0.136. The van der Waals surface area contributed by atoms with Crippen LogP contribution in [0.5, 0.6) is 5.75 Å². The maximum absolute atomic E-state index is 13.2. The highest BCUT2D eigenvalue weighted by molar-refractivity contribution is 6.22. The second-order valence-electron chi connectivity index (χ2n) is 9.11. The summed E-state index contributed by atoms with van der Waals surface area (Å²) in [7, 11) is 0. The van der Waals surface area contributed by atoms with Crippen molar-refractivity contribution in [1.29, 1.82) is 0 Å². The molecule has 8 heteroatoms. The Balaban J connectivity index is 1.42. The average Bonchev–Trinajstić information content (AvgIpc) is 3.12. The minimum Gasteiger partial charge on any atom is -0.494 e. The number of benzene rings is 1. The van der Waals surface area contributed by atoms with Crippen LogP contribution in [0.15, 0.2) is 24.3 Å². The maximum Gasteiger partial charge on any atom is 0.251 e. The van der Waals surface area contributed by atoms with Gasteiger partial charge in [-0.15, -0.1) is 0 Å². The van der Waals surface area contributed by atoms with Gasteiger partial charge >= 0.3 is 0 Å². The zero-order chi connectivity index (χ0) is 22.7. The quantitative estimate of drug-likeness (QED) is 0.648. The van der Waals surface area contributed by atoms with E-state index in [-0.39, 0.29) is 24.1 Å². The highest BCUT2D eigenvalue weighted by atomic mass is 16.5. The highest BCUT2D eigenvalue weighted by Gasteiger charge is 2.49. The van der Waals surface area contributed by atoms with E-state index in [9.17, 15) is 14.4 Å². The van der Waals surface area contributed by atoms with Gasteiger partial charge in [0.05, 0.1) is 24.8 Å². The number of nitrogens with zero attached hydrogens (tertiary/aromatic N) is 3. The third kappa shape index (κ3) is 4.26. The van der Waals surface area contributed by atoms with Crippen molar-refractivity contribution in [2.75, 3.05) is 37.7 Å². The van der Waals surface area contributed by atoms with E-state index in [1.165, 1.54) is 11.3 Å². The Bertz CT molecular complexity index is 842. The first-order chi connectivity index (χ1) is 15.5. The zero-order valence-corrected chi connectivity index (χ0v) is 18.9. The molecule has 3 fully saturated rings. The third-order valence-corrected chi connectivity index (χ3v) is 7.18. The van der Waals surface area contributed by atoms with Crippen LogP contribution in [-0.4, -0.2) is 71.9 Å². The molecule has 0 aliphatic carbocycles. The Morgan fingerprint density at radius 1 is 1.06 bits per heavy atom. The number of nitrogens with two attached hydrogens (primary N) is 1. The van der Waals surface area contributed by atoms with Gasteiger partial charge in [-0.05, 0) is 69.5 Å². The van der Waals surface area contributed by atoms with Crippen LogP contribution in [-0.2, 0) is 14.4 Å². The minimum absolute atomic E-state index is 0.167. The largest absolute Gasteiger partial charge is 0.494 e. The van der Waals surface area contributed by atoms with Crippen LogP contribution in [0.3, 0.4) is 0 Å². The first-order valence-corrected chi connectivity index (χ1v) is 11.8. The molecule has 3 saturated heterocycles. The molecule has 3 amide bonds. The molecule has 0 aromatic heterocycles. The number of imide groups is 1. The van der Waals surface area contributed by atoms with Crippen molar-refractivity contribution < 1.29 is 19.1 Å². The molecule has 1 atom stereocenters. The SMILES string of the molecule is CCCOc1ccc(N2C(=O)C[C@H](N3CCC(C(N)=O)(N4CCCCC4)CC3)C2=O)cc1. The third-order valence-electron chi connectivity index (χ3n) is 7.18. The maximum atomic E-state index is 13.2. The minimum atomic E-state index is -0.628. The van der Waals surface area contributed by atoms with E-state index in [1.54, 1.807) is 24.3 Å². The lowest BCUT2D eigenvalue weighted by Crippen LogP contribution is -2.64. The fourth-order valence-corrected chi connectivity index (χ4v) is 5.33. The second-order valence-corrected chi connectivity index (χ2v) is 9.11. The molecule has 0 spiro atoms. The van der Waals surface area contributed by atoms with E-state index in [0.717, 1.165) is 38.1 Å². The van der Waals surface area contributed by atoms with Gasteiger partial charge in [0.1, 0.15) is 11.3 Å². The summed E-state index contributed by atoms with van der Waals surface area (Å²) in [5, 5.41) is 0. The molecule has 0 unspecified atom stereocenters. The summed E-state index contributed by atoms with van der Waals surface area (Å²) in [6.07, 6.45) is 5.65. The van der Waals surface area contributed by atoms with Crippen LogP contribution < -0.4 is 15.4 Å². The van der Waals surface area contributed by atoms with Crippen molar-refractivity contribution in [2.24, 2.45) is 5.73 Å². The van der Waals surface area contributed by atoms with Gasteiger partial charge in [0.2, 0.25) is 11.8 Å². The fraction of sp³-hybridized carbons (Fsp3) is 0.625. The van der Waals surface area contributed by atoms with E-state index in [1.807, 2.05) is 6.92 Å². The van der Waals surface area contributed by atoms with Crippen LogP contribution in [0.2, 0.25) is 0 Å². The molecule has 0 radical (unpaired) electrons. The molecule has 0 bridgehead atoms. The van der Waals surface area contributed by atoms with Crippen LogP contribution in [0, 0.1) is 0 Å². The molecule has 3 heterocycles. The second kappa shape index (κ2) is 9.58. The van der Waals surface area contributed by atoms with Gasteiger partial charge in [-0.2, -0.15) is 0 Å². The van der Waals surface area contributed by atoms with Gasteiger partial charge in [0, 0.05) is 13.1 Å². The number of hydrogen-bond donors (Lipinski definition) is 1. The van der Waals surface area contributed by atoms with Crippen LogP contribution in [0.25, 0.3) is 0 Å². The molecule has 8 nitrogen and oxygen atoms in total. The lowest BCUT2D eigenvalue weighted by atomic mass is 9.83. The van der Waals surface area contributed by atoms with Gasteiger partial charge in [-0.1, -0.05) is 13.3 Å². The number of likely N-dealkylation sites (tertiary alicyclic amines) is 2. The molecule has 174 valence electrons. The fourth-order valence-electron chi connectivity index (χ4n) is 5.33. The van der Waals surface area contributed by atoms with Gasteiger partial charge in [0.15, 0.2) is 0 Å². The number of amides is 3. The molecule has 2 N–H and O–H groups in total. The summed E-state index contributed by atoms with van der Waals surface area (Å²) in [5.74, 6) is 0.0782. The predicted molar refractivity (Wildman–Crippen MR) is 121 cm³/mol. The summed E-state index contributed by atoms with van der Waals surface area (Å²) >= 11 is 0. The highest BCUT2D eigenvalue weighted by Crippen LogP contribution is 2.35. The number of primary amides is 1. The number of rotatable bonds is 7. The normalized spacial score (nSPS) is 24.7. The van der Waals surface area contributed by atoms with E-state index in [4.69, 9.17) is 10.5 Å². The predicted octanol–water partition coefficient (Wildman–Crippen LogP) is 1.91. The van der Waals surface area contributed by atoms with Gasteiger partial charge in [-0.25, -0.2) is 4.90 Å². The zero-order valence-electron chi connectivity index (χ0n) is 18.9. The lowest BCUT2D eigenvalue weighted by Gasteiger charge is -2.48. The summed E-state index contributed by atoms with van der Waals surface area (Å²) < 4.78 is 5.59. The number of piperidine rings is 2. The van der Waals surface area contributed by atoms with E-state index in [2.05, 4.69) is 9.80 Å². The Kier molecular flexibility index (Phi) is 6.81. The Labute approximate surface area is 189 Å². The molecule has 3 aliphatic heterocycles. The van der Waals surface area contributed by atoms with E-state index >= 15 is 0 Å². The molecule has 0 saturated carbocycles. The molecule has 3 aliphatic rings. The summed E-state index contributed by atoms with van der Waals surface area (Å²) in [6.45, 7) is 5.63. The molecule has 4 rings (SSSR count). The summed E-state index contributed by atoms with van der Waals surface area (Å²) in [5.41, 5.74) is 5.83. The van der Waals surface area contributed by atoms with Gasteiger partial charge in [0.25, 0.3) is 5.91 Å². The van der Waals surface area contributed by atoms with E-state index in [0.29, 0.717) is 38.2 Å². The molecular formula is C24H34N4O4. The Hall–Kier alpha value is -2.45. The van der Waals surface area contributed by atoms with Crippen molar-refractivity contribution in [1.82, 2.24) is 9.80 Å². The standard InChI is InChI=1S/C24H34N4O4/c1-2-16-32-19-8-6-18(7-9-19)28-21(29)17-20(22(28)30)26-14-10-24(11-15-26,23(25)31)27-12-4-3-5-13-27/h6-9,20H,2-5,10-17H2,1H3,(H2,25,31)/t20-/m0/s1. The number of anilines is 1. The first-order valence-electron chi connectivity index (χ1n) is 11.8. The number of ether oxygens (including phenoxy) is 1. The van der Waals surface area contributed by atoms with Crippen molar-refractivity contribution in [3.8, 4) is 5.75 Å². The summed E-state index contributed by atoms with van der Waals surface area (Å²) in [4.78, 5) is 44.0. The number of hydrogen-bond acceptors (Lipinski definition) is 6. The molecule has 32 heavy (non-hydrogen) atoms. The average molecular weight is 443 g/mol. The smallest absolute Gasteiger partial charge is 0.251 e. The van der Waals surface area contributed by atoms with Crippen molar-refractivity contribution in [3.05, 3.63) is 24.3 Å². The van der Waals surface area contributed by atoms with E-state index < -0.39 is 11.6 Å². The summed E-state index contributed by atoms with van der Waals surface area (Å²) in [6, 6.07) is 6.62. The Morgan fingerprint density at radius 3 is 2.31 bits per heavy atom. The molecular weight excluding hydrogens is 408 g/mol. The van der Waals surface area contributed by atoms with Crippen molar-refractivity contribution in [2.45, 2.75) is 63.5 Å². The van der Waals surface area contributed by atoms with Crippen LogP contribution in [0.4, 0.5) is 5.69 Å². The van der Waals surface area contributed by atoms with Gasteiger partial charge in [-0.3, -0.25) is 24.2 Å². The monoisotopic (exact) mass is 442 g/mol. The molecule has 1 aromatic rings. The van der Waals surface area contributed by atoms with Crippen molar-refractivity contribution >= 4 is 23.4 Å². The molecule has 1 aromatic carbocycles. The van der Waals surface area contributed by atoms with Crippen molar-refractivity contribution in [3.63, 3.8) is 0 Å².